The number of aliphatic carboxylic acids is 1. The minimum atomic E-state index is -0.700. The van der Waals surface area contributed by atoms with E-state index in [-0.39, 0.29) is 12.2 Å². The summed E-state index contributed by atoms with van der Waals surface area (Å²) in [5.74, 6) is -0.700. The van der Waals surface area contributed by atoms with E-state index in [4.69, 9.17) is 4.74 Å². The number of fused-ring (bicyclic) bond motifs is 2. The Morgan fingerprint density at radius 3 is 2.88 bits per heavy atom. The number of carboxylic acids is 1. The van der Waals surface area contributed by atoms with Gasteiger partial charge in [0.1, 0.15) is 5.41 Å². The first kappa shape index (κ1) is 11.7. The largest absolute Gasteiger partial charge is 0.481 e. The lowest BCUT2D eigenvalue weighted by Crippen LogP contribution is -2.42. The Bertz CT molecular complexity index is 458. The average Bonchev–Trinajstić information content (AvgIpc) is 2.94. The summed E-state index contributed by atoms with van der Waals surface area (Å²) in [5, 5.41) is 9.57. The summed E-state index contributed by atoms with van der Waals surface area (Å²) >= 11 is 5.03. The number of halogens is 1. The molecule has 17 heavy (non-hydrogen) atoms. The number of rotatable bonds is 3. The topological polar surface area (TPSA) is 46.5 Å². The zero-order valence-corrected chi connectivity index (χ0v) is 11.6. The highest BCUT2D eigenvalue weighted by Crippen LogP contribution is 2.50. The van der Waals surface area contributed by atoms with Gasteiger partial charge in [-0.2, -0.15) is 0 Å². The van der Waals surface area contributed by atoms with Crippen molar-refractivity contribution in [3.05, 3.63) is 20.8 Å². The van der Waals surface area contributed by atoms with E-state index in [1.807, 2.05) is 12.1 Å². The highest BCUT2D eigenvalue weighted by atomic mass is 79.9. The Labute approximate surface area is 112 Å². The molecule has 2 saturated heterocycles. The molecule has 92 valence electrons. The van der Waals surface area contributed by atoms with Gasteiger partial charge in [0.2, 0.25) is 0 Å². The predicted molar refractivity (Wildman–Crippen MR) is 68.3 cm³/mol. The minimum absolute atomic E-state index is 0.0918. The van der Waals surface area contributed by atoms with Crippen LogP contribution in [0, 0.1) is 5.41 Å². The van der Waals surface area contributed by atoms with Crippen molar-refractivity contribution in [1.29, 1.82) is 0 Å². The van der Waals surface area contributed by atoms with Crippen molar-refractivity contribution in [2.75, 3.05) is 0 Å². The highest BCUT2D eigenvalue weighted by Gasteiger charge is 2.57. The van der Waals surface area contributed by atoms with Crippen LogP contribution in [0.2, 0.25) is 0 Å². The lowest BCUT2D eigenvalue weighted by molar-refractivity contribution is -0.152. The molecular formula is C12H13BrO3S. The van der Waals surface area contributed by atoms with E-state index in [2.05, 4.69) is 15.9 Å². The number of carboxylic acid groups (broad SMARTS) is 1. The maximum atomic E-state index is 11.6. The van der Waals surface area contributed by atoms with Crippen LogP contribution >= 0.6 is 27.3 Å². The fourth-order valence-electron chi connectivity index (χ4n) is 3.04. The Balaban J connectivity index is 1.89. The molecule has 0 aromatic carbocycles. The van der Waals surface area contributed by atoms with E-state index >= 15 is 0 Å². The van der Waals surface area contributed by atoms with Crippen molar-refractivity contribution in [3.63, 3.8) is 0 Å². The van der Waals surface area contributed by atoms with Gasteiger partial charge in [0.15, 0.2) is 0 Å². The van der Waals surface area contributed by atoms with Crippen LogP contribution in [0.25, 0.3) is 0 Å². The Kier molecular flexibility index (Phi) is 2.80. The van der Waals surface area contributed by atoms with E-state index in [1.54, 1.807) is 11.3 Å². The molecule has 2 fully saturated rings. The van der Waals surface area contributed by atoms with Crippen molar-refractivity contribution in [2.24, 2.45) is 5.41 Å². The lowest BCUT2D eigenvalue weighted by atomic mass is 9.71. The highest BCUT2D eigenvalue weighted by molar-refractivity contribution is 9.11. The molecule has 5 heteroatoms. The van der Waals surface area contributed by atoms with Crippen LogP contribution in [0.3, 0.4) is 0 Å². The summed E-state index contributed by atoms with van der Waals surface area (Å²) in [7, 11) is 0. The molecular weight excluding hydrogens is 304 g/mol. The molecule has 0 aliphatic carbocycles. The summed E-state index contributed by atoms with van der Waals surface area (Å²) in [4.78, 5) is 12.8. The summed E-state index contributed by atoms with van der Waals surface area (Å²) in [5.41, 5.74) is -0.687. The molecule has 2 aliphatic heterocycles. The fraction of sp³-hybridized carbons (Fsp3) is 0.583. The smallest absolute Gasteiger partial charge is 0.312 e. The summed E-state index contributed by atoms with van der Waals surface area (Å²) < 4.78 is 6.79. The maximum absolute atomic E-state index is 11.6. The predicted octanol–water partition coefficient (Wildman–Crippen LogP) is 3.08. The van der Waals surface area contributed by atoms with Gasteiger partial charge in [0.05, 0.1) is 16.0 Å². The first-order valence-electron chi connectivity index (χ1n) is 5.73. The molecule has 3 atom stereocenters. The van der Waals surface area contributed by atoms with Crippen LogP contribution < -0.4 is 0 Å². The van der Waals surface area contributed by atoms with Crippen molar-refractivity contribution in [2.45, 2.75) is 37.9 Å². The summed E-state index contributed by atoms with van der Waals surface area (Å²) in [6.07, 6.45) is 3.25. The SMILES string of the molecule is O=C(O)C1(Cc2ccc(Br)s2)CC2CCC1O2. The van der Waals surface area contributed by atoms with Crippen molar-refractivity contribution >= 4 is 33.2 Å². The van der Waals surface area contributed by atoms with Gasteiger partial charge in [-0.25, -0.2) is 0 Å². The number of hydrogen-bond acceptors (Lipinski definition) is 3. The molecule has 3 nitrogen and oxygen atoms in total. The van der Waals surface area contributed by atoms with Crippen molar-refractivity contribution < 1.29 is 14.6 Å². The van der Waals surface area contributed by atoms with Crippen molar-refractivity contribution in [3.8, 4) is 0 Å². The first-order chi connectivity index (χ1) is 8.10. The molecule has 1 aromatic heterocycles. The summed E-state index contributed by atoms with van der Waals surface area (Å²) in [6.45, 7) is 0. The van der Waals surface area contributed by atoms with E-state index in [9.17, 15) is 9.90 Å². The van der Waals surface area contributed by atoms with E-state index in [0.29, 0.717) is 12.8 Å². The Hall–Kier alpha value is -0.390. The molecule has 3 rings (SSSR count). The standard InChI is InChI=1S/C12H13BrO3S/c13-10-4-2-8(17-10)6-12(11(14)15)5-7-1-3-9(12)16-7/h2,4,7,9H,1,3,5-6H2,(H,14,15). The van der Waals surface area contributed by atoms with Gasteiger partial charge >= 0.3 is 5.97 Å². The third-order valence-electron chi connectivity index (χ3n) is 3.86. The molecule has 0 radical (unpaired) electrons. The van der Waals surface area contributed by atoms with Gasteiger partial charge in [-0.15, -0.1) is 11.3 Å². The monoisotopic (exact) mass is 316 g/mol. The van der Waals surface area contributed by atoms with Gasteiger partial charge in [0, 0.05) is 11.3 Å². The third-order valence-corrected chi connectivity index (χ3v) is 5.48. The van der Waals surface area contributed by atoms with Crippen LogP contribution in [0.1, 0.15) is 24.1 Å². The van der Waals surface area contributed by atoms with Gasteiger partial charge in [-0.3, -0.25) is 4.79 Å². The van der Waals surface area contributed by atoms with Gasteiger partial charge in [-0.05, 0) is 47.3 Å². The van der Waals surface area contributed by atoms with Gasteiger partial charge in [0.25, 0.3) is 0 Å². The average molecular weight is 317 g/mol. The van der Waals surface area contributed by atoms with Crippen LogP contribution in [-0.4, -0.2) is 23.3 Å². The third kappa shape index (κ3) is 1.84. The molecule has 0 amide bonds. The Morgan fingerprint density at radius 2 is 2.41 bits per heavy atom. The molecule has 0 saturated carbocycles. The molecule has 3 unspecified atom stereocenters. The quantitative estimate of drug-likeness (QED) is 0.932. The van der Waals surface area contributed by atoms with E-state index in [1.165, 1.54) is 0 Å². The molecule has 1 N–H and O–H groups in total. The zero-order valence-electron chi connectivity index (χ0n) is 9.19. The molecule has 2 bridgehead atoms. The normalized spacial score (nSPS) is 35.4. The van der Waals surface area contributed by atoms with Crippen LogP contribution in [0.15, 0.2) is 15.9 Å². The number of hydrogen-bond donors (Lipinski definition) is 1. The van der Waals surface area contributed by atoms with Gasteiger partial charge in [-0.1, -0.05) is 0 Å². The first-order valence-corrected chi connectivity index (χ1v) is 7.34. The van der Waals surface area contributed by atoms with Gasteiger partial charge < -0.3 is 9.84 Å². The maximum Gasteiger partial charge on any atom is 0.312 e. The second-order valence-electron chi connectivity index (χ2n) is 4.87. The second kappa shape index (κ2) is 4.07. The summed E-state index contributed by atoms with van der Waals surface area (Å²) in [6, 6.07) is 3.98. The molecule has 1 aromatic rings. The minimum Gasteiger partial charge on any atom is -0.481 e. The number of ether oxygens (including phenoxy) is 1. The fourth-order valence-corrected chi connectivity index (χ4v) is 4.65. The zero-order chi connectivity index (χ0) is 12.0. The molecule has 0 spiro atoms. The van der Waals surface area contributed by atoms with Crippen LogP contribution in [0.5, 0.6) is 0 Å². The van der Waals surface area contributed by atoms with Crippen LogP contribution in [-0.2, 0) is 16.0 Å². The van der Waals surface area contributed by atoms with E-state index < -0.39 is 11.4 Å². The molecule has 3 heterocycles. The lowest BCUT2D eigenvalue weighted by Gasteiger charge is -2.30. The second-order valence-corrected chi connectivity index (χ2v) is 7.42. The number of thiophene rings is 1. The Morgan fingerprint density at radius 1 is 1.59 bits per heavy atom. The van der Waals surface area contributed by atoms with Crippen molar-refractivity contribution in [1.82, 2.24) is 0 Å². The number of carbonyl (C=O) groups is 1. The molecule has 2 aliphatic rings. The van der Waals surface area contributed by atoms with E-state index in [0.717, 1.165) is 21.5 Å². The van der Waals surface area contributed by atoms with Crippen LogP contribution in [0.4, 0.5) is 0 Å².